The molecule has 1 unspecified atom stereocenters. The molecule has 7 heteroatoms. The lowest BCUT2D eigenvalue weighted by Crippen LogP contribution is -2.29. The number of hydrogen-bond donors (Lipinski definition) is 2. The van der Waals surface area contributed by atoms with Gasteiger partial charge in [0.15, 0.2) is 0 Å². The zero-order valence-corrected chi connectivity index (χ0v) is 14.9. The highest BCUT2D eigenvalue weighted by Gasteiger charge is 2.17. The number of aromatic nitrogens is 1. The van der Waals surface area contributed by atoms with Crippen LogP contribution in [0.3, 0.4) is 0 Å². The number of nitrogens with two attached hydrogens (primary N) is 1. The summed E-state index contributed by atoms with van der Waals surface area (Å²) in [5.74, 6) is 0.485. The summed E-state index contributed by atoms with van der Waals surface area (Å²) in [4.78, 5) is 17.3. The Morgan fingerprint density at radius 2 is 1.95 bits per heavy atom. The molecule has 0 radical (unpaired) electrons. The number of carbonyl (C=O) groups is 1. The maximum absolute atomic E-state index is 12.1. The van der Waals surface area contributed by atoms with E-state index in [9.17, 15) is 4.79 Å². The summed E-state index contributed by atoms with van der Waals surface area (Å²) in [6.45, 7) is 8.76. The number of halogens is 2. The average molecular weight is 342 g/mol. The summed E-state index contributed by atoms with van der Waals surface area (Å²) >= 11 is 1.47. The van der Waals surface area contributed by atoms with Crippen molar-refractivity contribution in [2.75, 3.05) is 6.54 Å². The van der Waals surface area contributed by atoms with Crippen molar-refractivity contribution >= 4 is 42.1 Å². The van der Waals surface area contributed by atoms with Gasteiger partial charge in [0, 0.05) is 12.6 Å². The maximum Gasteiger partial charge on any atom is 0.263 e. The molecule has 0 saturated heterocycles. The van der Waals surface area contributed by atoms with E-state index in [1.165, 1.54) is 11.3 Å². The van der Waals surface area contributed by atoms with E-state index >= 15 is 0 Å². The van der Waals surface area contributed by atoms with Crippen LogP contribution in [-0.2, 0) is 6.42 Å². The van der Waals surface area contributed by atoms with Gasteiger partial charge < -0.3 is 11.1 Å². The van der Waals surface area contributed by atoms with Crippen molar-refractivity contribution in [3.05, 3.63) is 15.6 Å². The number of carbonyl (C=O) groups excluding carboxylic acids is 1. The van der Waals surface area contributed by atoms with Gasteiger partial charge in [-0.2, -0.15) is 0 Å². The Labute approximate surface area is 137 Å². The molecule has 3 N–H and O–H groups in total. The van der Waals surface area contributed by atoms with Crippen molar-refractivity contribution in [2.45, 2.75) is 46.6 Å². The zero-order chi connectivity index (χ0) is 13.7. The van der Waals surface area contributed by atoms with Crippen LogP contribution in [0.25, 0.3) is 0 Å². The fourth-order valence-electron chi connectivity index (χ4n) is 1.67. The normalized spacial score (nSPS) is 11.5. The zero-order valence-electron chi connectivity index (χ0n) is 12.4. The third kappa shape index (κ3) is 7.43. The Hall–Kier alpha value is -0.360. The Morgan fingerprint density at radius 3 is 2.45 bits per heavy atom. The van der Waals surface area contributed by atoms with Gasteiger partial charge in [0.05, 0.1) is 10.7 Å². The van der Waals surface area contributed by atoms with Gasteiger partial charge in [-0.1, -0.05) is 13.8 Å². The first kappa shape index (κ1) is 21.9. The van der Waals surface area contributed by atoms with E-state index in [0.717, 1.165) is 28.4 Å². The van der Waals surface area contributed by atoms with Crippen molar-refractivity contribution in [1.82, 2.24) is 10.3 Å². The molecule has 0 aliphatic heterocycles. The van der Waals surface area contributed by atoms with Crippen LogP contribution in [0.2, 0.25) is 0 Å². The topological polar surface area (TPSA) is 68.0 Å². The molecule has 118 valence electrons. The molecule has 1 aromatic heterocycles. The number of rotatable bonds is 6. The molecule has 1 amide bonds. The Kier molecular flexibility index (Phi) is 11.4. The lowest BCUT2D eigenvalue weighted by molar-refractivity contribution is 0.0955. The van der Waals surface area contributed by atoms with Gasteiger partial charge in [-0.15, -0.1) is 36.2 Å². The summed E-state index contributed by atoms with van der Waals surface area (Å²) in [6.07, 6.45) is 1.64. The molecule has 0 spiro atoms. The highest BCUT2D eigenvalue weighted by atomic mass is 35.5. The van der Waals surface area contributed by atoms with Gasteiger partial charge in [0.1, 0.15) is 4.88 Å². The predicted octanol–water partition coefficient (Wildman–Crippen LogP) is 2.96. The van der Waals surface area contributed by atoms with Crippen LogP contribution >= 0.6 is 36.2 Å². The first-order valence-electron chi connectivity index (χ1n) is 6.40. The molecule has 1 rings (SSSR count). The predicted molar refractivity (Wildman–Crippen MR) is 90.5 cm³/mol. The second-order valence-corrected chi connectivity index (χ2v) is 6.33. The second kappa shape index (κ2) is 10.4. The molecule has 0 aromatic carbocycles. The quantitative estimate of drug-likeness (QED) is 0.835. The van der Waals surface area contributed by atoms with E-state index in [4.69, 9.17) is 5.73 Å². The minimum atomic E-state index is -0.0168. The number of amides is 1. The molecule has 20 heavy (non-hydrogen) atoms. The third-order valence-corrected chi connectivity index (χ3v) is 3.51. The molecule has 1 heterocycles. The smallest absolute Gasteiger partial charge is 0.263 e. The van der Waals surface area contributed by atoms with Gasteiger partial charge in [0.2, 0.25) is 0 Å². The summed E-state index contributed by atoms with van der Waals surface area (Å²) in [5.41, 5.74) is 6.58. The van der Waals surface area contributed by atoms with Gasteiger partial charge in [0.25, 0.3) is 5.91 Å². The summed E-state index contributed by atoms with van der Waals surface area (Å²) in [5, 5.41) is 3.86. The average Bonchev–Trinajstić information content (AvgIpc) is 2.57. The molecular formula is C13H25Cl2N3OS. The molecule has 0 aliphatic rings. The van der Waals surface area contributed by atoms with E-state index in [-0.39, 0.29) is 36.8 Å². The molecule has 0 saturated carbocycles. The summed E-state index contributed by atoms with van der Waals surface area (Å²) < 4.78 is 0. The number of aryl methyl sites for hydroxylation is 1. The molecule has 1 atom stereocenters. The second-order valence-electron chi connectivity index (χ2n) is 5.13. The van der Waals surface area contributed by atoms with E-state index in [2.05, 4.69) is 24.1 Å². The van der Waals surface area contributed by atoms with Gasteiger partial charge in [-0.3, -0.25) is 4.79 Å². The number of hydrogen-bond acceptors (Lipinski definition) is 4. The molecule has 0 aliphatic carbocycles. The minimum absolute atomic E-state index is 0. The SMILES string of the molecule is Cc1nc(CC(C)C)c(C(=O)NCCC(C)N)s1.Cl.Cl. The first-order chi connectivity index (χ1) is 8.40. The summed E-state index contributed by atoms with van der Waals surface area (Å²) in [7, 11) is 0. The number of nitrogens with one attached hydrogen (secondary N) is 1. The van der Waals surface area contributed by atoms with Crippen molar-refractivity contribution in [2.24, 2.45) is 11.7 Å². The van der Waals surface area contributed by atoms with Gasteiger partial charge >= 0.3 is 0 Å². The van der Waals surface area contributed by atoms with Gasteiger partial charge in [-0.25, -0.2) is 4.98 Å². The fraction of sp³-hybridized carbons (Fsp3) is 0.692. The molecule has 1 aromatic rings. The first-order valence-corrected chi connectivity index (χ1v) is 7.22. The Balaban J connectivity index is 0. The Morgan fingerprint density at radius 1 is 1.35 bits per heavy atom. The maximum atomic E-state index is 12.1. The monoisotopic (exact) mass is 341 g/mol. The molecule has 0 fully saturated rings. The van der Waals surface area contributed by atoms with Crippen LogP contribution in [0, 0.1) is 12.8 Å². The van der Waals surface area contributed by atoms with Crippen molar-refractivity contribution < 1.29 is 4.79 Å². The van der Waals surface area contributed by atoms with Crippen molar-refractivity contribution in [3.8, 4) is 0 Å². The van der Waals surface area contributed by atoms with Crippen LogP contribution in [0.15, 0.2) is 0 Å². The van der Waals surface area contributed by atoms with E-state index < -0.39 is 0 Å². The molecule has 0 bridgehead atoms. The van der Waals surface area contributed by atoms with Gasteiger partial charge in [-0.05, 0) is 32.6 Å². The van der Waals surface area contributed by atoms with E-state index in [0.29, 0.717) is 12.5 Å². The largest absolute Gasteiger partial charge is 0.351 e. The minimum Gasteiger partial charge on any atom is -0.351 e. The lowest BCUT2D eigenvalue weighted by atomic mass is 10.1. The highest BCUT2D eigenvalue weighted by Crippen LogP contribution is 2.20. The fourth-order valence-corrected chi connectivity index (χ4v) is 2.53. The van der Waals surface area contributed by atoms with E-state index in [1.54, 1.807) is 0 Å². The van der Waals surface area contributed by atoms with Crippen LogP contribution in [-0.4, -0.2) is 23.5 Å². The van der Waals surface area contributed by atoms with Crippen LogP contribution in [0.4, 0.5) is 0 Å². The Bertz CT molecular complexity index is 408. The number of thiazole rings is 1. The van der Waals surface area contributed by atoms with E-state index in [1.807, 2.05) is 13.8 Å². The standard InChI is InChI=1S/C13H23N3OS.2ClH/c1-8(2)7-11-12(18-10(4)16-11)13(17)15-6-5-9(3)14;;/h8-9H,5-7,14H2,1-4H3,(H,15,17);2*1H. The highest BCUT2D eigenvalue weighted by molar-refractivity contribution is 7.13. The lowest BCUT2D eigenvalue weighted by Gasteiger charge is -2.08. The molecule has 4 nitrogen and oxygen atoms in total. The summed E-state index contributed by atoms with van der Waals surface area (Å²) in [6, 6.07) is 0.114. The number of nitrogens with zero attached hydrogens (tertiary/aromatic N) is 1. The molecular weight excluding hydrogens is 317 g/mol. The third-order valence-electron chi connectivity index (χ3n) is 2.50. The van der Waals surface area contributed by atoms with Crippen LogP contribution in [0.1, 0.15) is 47.6 Å². The van der Waals surface area contributed by atoms with Crippen LogP contribution in [0.5, 0.6) is 0 Å². The van der Waals surface area contributed by atoms with Crippen molar-refractivity contribution in [1.29, 1.82) is 0 Å². The van der Waals surface area contributed by atoms with Crippen molar-refractivity contribution in [3.63, 3.8) is 0 Å². The van der Waals surface area contributed by atoms with Crippen LogP contribution < -0.4 is 11.1 Å².